The highest BCUT2D eigenvalue weighted by Gasteiger charge is 2.29. The summed E-state index contributed by atoms with van der Waals surface area (Å²) in [6.45, 7) is 1.80. The molecule has 4 nitrogen and oxygen atoms in total. The third-order valence-electron chi connectivity index (χ3n) is 4.14. The minimum absolute atomic E-state index is 0.0471. The van der Waals surface area contributed by atoms with Crippen molar-refractivity contribution in [3.63, 3.8) is 0 Å². The van der Waals surface area contributed by atoms with Gasteiger partial charge >= 0.3 is 5.97 Å². The van der Waals surface area contributed by atoms with Crippen molar-refractivity contribution in [1.29, 1.82) is 0 Å². The highest BCUT2D eigenvalue weighted by molar-refractivity contribution is 5.68. The summed E-state index contributed by atoms with van der Waals surface area (Å²) >= 11 is 0. The average Bonchev–Trinajstić information content (AvgIpc) is 2.76. The van der Waals surface area contributed by atoms with E-state index in [4.69, 9.17) is 5.11 Å². The number of halogens is 2. The molecule has 1 aliphatic carbocycles. The van der Waals surface area contributed by atoms with Crippen LogP contribution in [0.1, 0.15) is 42.1 Å². The Morgan fingerprint density at radius 3 is 2.91 bits per heavy atom. The van der Waals surface area contributed by atoms with Gasteiger partial charge in [-0.05, 0) is 44.2 Å². The Balaban J connectivity index is 2.10. The molecule has 0 bridgehead atoms. The number of benzene rings is 1. The third kappa shape index (κ3) is 2.49. The molecule has 1 aromatic heterocycles. The fourth-order valence-corrected chi connectivity index (χ4v) is 3.29. The number of nitrogens with zero attached hydrogens (tertiary/aromatic N) is 2. The fraction of sp³-hybridized carbons (Fsp3) is 0.375. The van der Waals surface area contributed by atoms with Crippen LogP contribution in [-0.2, 0) is 11.2 Å². The molecule has 22 heavy (non-hydrogen) atoms. The molecule has 2 aromatic rings. The summed E-state index contributed by atoms with van der Waals surface area (Å²) < 4.78 is 28.6. The Labute approximate surface area is 126 Å². The molecule has 0 saturated heterocycles. The van der Waals surface area contributed by atoms with E-state index in [0.29, 0.717) is 12.1 Å². The molecule has 1 unspecified atom stereocenters. The van der Waals surface area contributed by atoms with Crippen LogP contribution in [0.25, 0.3) is 5.69 Å². The Bertz CT molecular complexity index is 740. The predicted octanol–water partition coefficient (Wildman–Crippen LogP) is 3.35. The van der Waals surface area contributed by atoms with Gasteiger partial charge in [0, 0.05) is 17.3 Å². The van der Waals surface area contributed by atoms with Crippen LogP contribution >= 0.6 is 0 Å². The molecule has 0 amide bonds. The van der Waals surface area contributed by atoms with Gasteiger partial charge in [-0.3, -0.25) is 4.79 Å². The summed E-state index contributed by atoms with van der Waals surface area (Å²) in [5.74, 6) is -2.26. The SMILES string of the molecule is Cc1nn(-c2ccc(F)cc2F)c2c1C(CC(=O)O)CCC2. The van der Waals surface area contributed by atoms with E-state index < -0.39 is 17.6 Å². The molecule has 0 saturated carbocycles. The van der Waals surface area contributed by atoms with Crippen LogP contribution in [-0.4, -0.2) is 20.9 Å². The highest BCUT2D eigenvalue weighted by atomic mass is 19.1. The van der Waals surface area contributed by atoms with Crippen molar-refractivity contribution in [1.82, 2.24) is 9.78 Å². The Kier molecular flexibility index (Phi) is 3.68. The van der Waals surface area contributed by atoms with Crippen LogP contribution in [0, 0.1) is 18.6 Å². The number of aliphatic carboxylic acids is 1. The molecule has 0 radical (unpaired) electrons. The van der Waals surface area contributed by atoms with E-state index in [2.05, 4.69) is 5.10 Å². The van der Waals surface area contributed by atoms with Crippen molar-refractivity contribution in [2.75, 3.05) is 0 Å². The van der Waals surface area contributed by atoms with E-state index in [9.17, 15) is 13.6 Å². The highest BCUT2D eigenvalue weighted by Crippen LogP contribution is 2.37. The second-order valence-corrected chi connectivity index (χ2v) is 5.64. The third-order valence-corrected chi connectivity index (χ3v) is 4.14. The van der Waals surface area contributed by atoms with Crippen LogP contribution in [0.5, 0.6) is 0 Å². The van der Waals surface area contributed by atoms with E-state index in [1.165, 1.54) is 16.8 Å². The number of fused-ring (bicyclic) bond motifs is 1. The minimum atomic E-state index is -0.849. The molecule has 6 heteroatoms. The van der Waals surface area contributed by atoms with Crippen LogP contribution < -0.4 is 0 Å². The van der Waals surface area contributed by atoms with Crippen molar-refractivity contribution in [2.24, 2.45) is 0 Å². The van der Waals surface area contributed by atoms with E-state index in [1.54, 1.807) is 6.92 Å². The Hall–Kier alpha value is -2.24. The lowest BCUT2D eigenvalue weighted by molar-refractivity contribution is -0.137. The zero-order valence-corrected chi connectivity index (χ0v) is 12.1. The quantitative estimate of drug-likeness (QED) is 0.946. The average molecular weight is 306 g/mol. The van der Waals surface area contributed by atoms with Gasteiger partial charge in [0.05, 0.1) is 12.1 Å². The van der Waals surface area contributed by atoms with E-state index in [-0.39, 0.29) is 18.0 Å². The van der Waals surface area contributed by atoms with Gasteiger partial charge in [0.1, 0.15) is 11.5 Å². The number of carbonyl (C=O) groups is 1. The van der Waals surface area contributed by atoms with Gasteiger partial charge in [-0.1, -0.05) is 0 Å². The number of rotatable bonds is 3. The van der Waals surface area contributed by atoms with E-state index in [0.717, 1.165) is 30.2 Å². The maximum Gasteiger partial charge on any atom is 0.303 e. The molecular weight excluding hydrogens is 290 g/mol. The lowest BCUT2D eigenvalue weighted by atomic mass is 9.83. The zero-order chi connectivity index (χ0) is 15.9. The van der Waals surface area contributed by atoms with Gasteiger partial charge in [-0.25, -0.2) is 13.5 Å². The summed E-state index contributed by atoms with van der Waals surface area (Å²) in [4.78, 5) is 11.0. The van der Waals surface area contributed by atoms with Gasteiger partial charge in [0.2, 0.25) is 0 Å². The minimum Gasteiger partial charge on any atom is -0.481 e. The van der Waals surface area contributed by atoms with Gasteiger partial charge in [-0.15, -0.1) is 0 Å². The van der Waals surface area contributed by atoms with Gasteiger partial charge in [-0.2, -0.15) is 5.10 Å². The molecular formula is C16H16F2N2O2. The van der Waals surface area contributed by atoms with Crippen molar-refractivity contribution in [3.8, 4) is 5.69 Å². The maximum absolute atomic E-state index is 14.0. The first-order valence-corrected chi connectivity index (χ1v) is 7.23. The van der Waals surface area contributed by atoms with Crippen molar-refractivity contribution in [2.45, 2.75) is 38.5 Å². The van der Waals surface area contributed by atoms with Gasteiger partial charge < -0.3 is 5.11 Å². The van der Waals surface area contributed by atoms with Crippen LogP contribution in [0.15, 0.2) is 18.2 Å². The predicted molar refractivity (Wildman–Crippen MR) is 76.1 cm³/mol. The molecule has 0 fully saturated rings. The molecule has 3 rings (SSSR count). The van der Waals surface area contributed by atoms with Crippen LogP contribution in [0.2, 0.25) is 0 Å². The lowest BCUT2D eigenvalue weighted by Crippen LogP contribution is -2.15. The summed E-state index contributed by atoms with van der Waals surface area (Å²) in [5, 5.41) is 13.4. The summed E-state index contributed by atoms with van der Waals surface area (Å²) in [7, 11) is 0. The van der Waals surface area contributed by atoms with Crippen molar-refractivity contribution in [3.05, 3.63) is 46.8 Å². The normalized spacial score (nSPS) is 17.3. The second kappa shape index (κ2) is 5.51. The zero-order valence-electron chi connectivity index (χ0n) is 12.1. The molecule has 1 aromatic carbocycles. The van der Waals surface area contributed by atoms with E-state index in [1.807, 2.05) is 0 Å². The standard InChI is InChI=1S/C16H16F2N2O2/c1-9-16-10(7-15(21)22)3-2-4-14(16)20(19-9)13-6-5-11(17)8-12(13)18/h5-6,8,10H,2-4,7H2,1H3,(H,21,22). The number of hydrogen-bond acceptors (Lipinski definition) is 2. The molecule has 0 aliphatic heterocycles. The largest absolute Gasteiger partial charge is 0.481 e. The number of hydrogen-bond donors (Lipinski definition) is 1. The van der Waals surface area contributed by atoms with Crippen LogP contribution in [0.3, 0.4) is 0 Å². The number of carboxylic acids is 1. The van der Waals surface area contributed by atoms with Gasteiger partial charge in [0.25, 0.3) is 0 Å². The Morgan fingerprint density at radius 2 is 2.23 bits per heavy atom. The summed E-state index contributed by atoms with van der Waals surface area (Å²) in [5.41, 5.74) is 2.64. The first-order chi connectivity index (χ1) is 10.5. The van der Waals surface area contributed by atoms with Crippen LogP contribution in [0.4, 0.5) is 8.78 Å². The number of carboxylic acid groups (broad SMARTS) is 1. The molecule has 0 spiro atoms. The monoisotopic (exact) mass is 306 g/mol. The molecule has 1 N–H and O–H groups in total. The smallest absolute Gasteiger partial charge is 0.303 e. The van der Waals surface area contributed by atoms with Gasteiger partial charge in [0.15, 0.2) is 5.82 Å². The molecule has 1 heterocycles. The topological polar surface area (TPSA) is 55.1 Å². The first kappa shape index (κ1) is 14.7. The second-order valence-electron chi connectivity index (χ2n) is 5.64. The van der Waals surface area contributed by atoms with Crippen molar-refractivity contribution < 1.29 is 18.7 Å². The maximum atomic E-state index is 14.0. The molecule has 1 atom stereocenters. The Morgan fingerprint density at radius 1 is 1.45 bits per heavy atom. The number of aryl methyl sites for hydroxylation is 1. The number of aromatic nitrogens is 2. The fourth-order valence-electron chi connectivity index (χ4n) is 3.29. The van der Waals surface area contributed by atoms with E-state index >= 15 is 0 Å². The van der Waals surface area contributed by atoms with Crippen molar-refractivity contribution >= 4 is 5.97 Å². The molecule has 116 valence electrons. The summed E-state index contributed by atoms with van der Waals surface area (Å²) in [6, 6.07) is 3.38. The first-order valence-electron chi connectivity index (χ1n) is 7.23. The molecule has 1 aliphatic rings. The lowest BCUT2D eigenvalue weighted by Gasteiger charge is -2.22. The summed E-state index contributed by atoms with van der Waals surface area (Å²) in [6.07, 6.45) is 2.38.